The summed E-state index contributed by atoms with van der Waals surface area (Å²) in [6, 6.07) is 8.63. The number of carbonyl (C=O) groups excluding carboxylic acids is 2. The second-order valence-electron chi connectivity index (χ2n) is 4.19. The van der Waals surface area contributed by atoms with E-state index in [9.17, 15) is 9.59 Å². The maximum absolute atomic E-state index is 12.2. The Balaban J connectivity index is 2.38. The first-order valence-electron chi connectivity index (χ1n) is 6.08. The zero-order valence-electron chi connectivity index (χ0n) is 10.4. The minimum Gasteiger partial charge on any atom is -0.396 e. The molecule has 1 aromatic rings. The molecule has 1 aliphatic heterocycles. The van der Waals surface area contributed by atoms with Gasteiger partial charge in [-0.3, -0.25) is 9.59 Å². The summed E-state index contributed by atoms with van der Waals surface area (Å²) in [5.74, 6) is -0.817. The van der Waals surface area contributed by atoms with Crippen LogP contribution in [0.4, 0.5) is 5.69 Å². The van der Waals surface area contributed by atoms with Crippen molar-refractivity contribution in [3.8, 4) is 0 Å². The van der Waals surface area contributed by atoms with E-state index in [-0.39, 0.29) is 26.1 Å². The van der Waals surface area contributed by atoms with Crippen molar-refractivity contribution in [1.29, 1.82) is 0 Å². The second kappa shape index (κ2) is 5.77. The van der Waals surface area contributed by atoms with E-state index < -0.39 is 11.8 Å². The highest BCUT2D eigenvalue weighted by molar-refractivity contribution is 6.32. The fourth-order valence-electron chi connectivity index (χ4n) is 2.17. The molecule has 2 N–H and O–H groups in total. The summed E-state index contributed by atoms with van der Waals surface area (Å²) < 4.78 is 0. The van der Waals surface area contributed by atoms with Gasteiger partial charge in [0.2, 0.25) is 0 Å². The molecule has 0 saturated heterocycles. The Hall–Kier alpha value is -1.98. The second-order valence-corrected chi connectivity index (χ2v) is 4.19. The third-order valence-corrected chi connectivity index (χ3v) is 3.02. The third kappa shape index (κ3) is 2.43. The fraction of sp³-hybridized carbons (Fsp3) is 0.286. The lowest BCUT2D eigenvalue weighted by atomic mass is 10.1. The predicted octanol–water partition coefficient (Wildman–Crippen LogP) is 0.621. The molecule has 0 aromatic heterocycles. The number of para-hydroxylation sites is 1. The minimum absolute atomic E-state index is 0.128. The molecular formula is C14H15NO4. The van der Waals surface area contributed by atoms with Crippen LogP contribution in [0.5, 0.6) is 0 Å². The number of aliphatic hydroxyl groups excluding tert-OH is 2. The number of carbonyl (C=O) groups is 2. The highest BCUT2D eigenvalue weighted by Crippen LogP contribution is 2.29. The average Bonchev–Trinajstić information content (AvgIpc) is 2.65. The van der Waals surface area contributed by atoms with Crippen LogP contribution in [0.2, 0.25) is 0 Å². The minimum atomic E-state index is -0.409. The third-order valence-electron chi connectivity index (χ3n) is 3.02. The molecule has 19 heavy (non-hydrogen) atoms. The van der Waals surface area contributed by atoms with E-state index in [0.29, 0.717) is 16.8 Å². The molecule has 0 aliphatic carbocycles. The summed E-state index contributed by atoms with van der Waals surface area (Å²) in [6.45, 7) is -0.405. The van der Waals surface area contributed by atoms with Crippen LogP contribution in [0.1, 0.15) is 12.8 Å². The molecule has 100 valence electrons. The Kier molecular flexibility index (Phi) is 4.09. The van der Waals surface area contributed by atoms with Gasteiger partial charge in [0, 0.05) is 37.2 Å². The molecule has 5 nitrogen and oxygen atoms in total. The number of anilines is 1. The van der Waals surface area contributed by atoms with Crippen molar-refractivity contribution in [3.63, 3.8) is 0 Å². The molecule has 1 aromatic carbocycles. The quantitative estimate of drug-likeness (QED) is 0.762. The van der Waals surface area contributed by atoms with Crippen molar-refractivity contribution in [2.24, 2.45) is 0 Å². The Morgan fingerprint density at radius 1 is 0.842 bits per heavy atom. The van der Waals surface area contributed by atoms with Gasteiger partial charge >= 0.3 is 0 Å². The SMILES string of the molecule is O=C1C(CCO)=C(CCO)C(=O)N1c1ccccc1. The van der Waals surface area contributed by atoms with Gasteiger partial charge in [0.15, 0.2) is 0 Å². The molecule has 1 aliphatic rings. The van der Waals surface area contributed by atoms with Crippen molar-refractivity contribution in [2.45, 2.75) is 12.8 Å². The molecular weight excluding hydrogens is 246 g/mol. The van der Waals surface area contributed by atoms with Gasteiger partial charge in [-0.1, -0.05) is 18.2 Å². The number of aliphatic hydroxyl groups is 2. The normalized spacial score (nSPS) is 15.6. The van der Waals surface area contributed by atoms with Crippen molar-refractivity contribution in [1.82, 2.24) is 0 Å². The summed E-state index contributed by atoms with van der Waals surface area (Å²) >= 11 is 0. The van der Waals surface area contributed by atoms with E-state index in [4.69, 9.17) is 10.2 Å². The summed E-state index contributed by atoms with van der Waals surface area (Å²) in [7, 11) is 0. The number of benzene rings is 1. The first-order valence-corrected chi connectivity index (χ1v) is 6.08. The molecule has 0 radical (unpaired) electrons. The Labute approximate surface area is 110 Å². The van der Waals surface area contributed by atoms with E-state index in [1.165, 1.54) is 0 Å². The van der Waals surface area contributed by atoms with Crippen molar-refractivity contribution in [3.05, 3.63) is 41.5 Å². The largest absolute Gasteiger partial charge is 0.396 e. The van der Waals surface area contributed by atoms with Crippen LogP contribution in [0.3, 0.4) is 0 Å². The summed E-state index contributed by atoms with van der Waals surface area (Å²) in [5, 5.41) is 18.0. The van der Waals surface area contributed by atoms with Crippen LogP contribution < -0.4 is 4.90 Å². The van der Waals surface area contributed by atoms with E-state index in [0.717, 1.165) is 4.90 Å². The van der Waals surface area contributed by atoms with Crippen molar-refractivity contribution in [2.75, 3.05) is 18.1 Å². The molecule has 0 unspecified atom stereocenters. The number of nitrogens with zero attached hydrogens (tertiary/aromatic N) is 1. The molecule has 5 heteroatoms. The van der Waals surface area contributed by atoms with Gasteiger partial charge in [-0.25, -0.2) is 4.90 Å². The van der Waals surface area contributed by atoms with Crippen molar-refractivity contribution >= 4 is 17.5 Å². The topological polar surface area (TPSA) is 77.8 Å². The van der Waals surface area contributed by atoms with Crippen LogP contribution in [0.25, 0.3) is 0 Å². The molecule has 2 rings (SSSR count). The standard InChI is InChI=1S/C14H15NO4/c16-8-6-11-12(7-9-17)14(19)15(13(11)18)10-4-2-1-3-5-10/h1-5,16-17H,6-9H2. The predicted molar refractivity (Wildman–Crippen MR) is 69.4 cm³/mol. The summed E-state index contributed by atoms with van der Waals surface area (Å²) in [5.41, 5.74) is 1.09. The van der Waals surface area contributed by atoms with Gasteiger partial charge in [-0.15, -0.1) is 0 Å². The highest BCUT2D eigenvalue weighted by atomic mass is 16.3. The van der Waals surface area contributed by atoms with E-state index >= 15 is 0 Å². The number of amides is 2. The summed E-state index contributed by atoms with van der Waals surface area (Å²) in [6.07, 6.45) is 0.256. The Morgan fingerprint density at radius 2 is 1.32 bits per heavy atom. The van der Waals surface area contributed by atoms with E-state index in [1.54, 1.807) is 30.3 Å². The van der Waals surface area contributed by atoms with Crippen LogP contribution in [-0.2, 0) is 9.59 Å². The average molecular weight is 261 g/mol. The van der Waals surface area contributed by atoms with Crippen molar-refractivity contribution < 1.29 is 19.8 Å². The van der Waals surface area contributed by atoms with Crippen LogP contribution in [-0.4, -0.2) is 35.2 Å². The van der Waals surface area contributed by atoms with Gasteiger partial charge < -0.3 is 10.2 Å². The molecule has 1 heterocycles. The maximum Gasteiger partial charge on any atom is 0.261 e. The maximum atomic E-state index is 12.2. The molecule has 0 spiro atoms. The van der Waals surface area contributed by atoms with Crippen LogP contribution in [0, 0.1) is 0 Å². The molecule has 0 bridgehead atoms. The molecule has 0 atom stereocenters. The molecule has 0 fully saturated rings. The number of hydrogen-bond donors (Lipinski definition) is 2. The Morgan fingerprint density at radius 3 is 1.74 bits per heavy atom. The smallest absolute Gasteiger partial charge is 0.261 e. The van der Waals surface area contributed by atoms with Gasteiger partial charge in [-0.2, -0.15) is 0 Å². The lowest BCUT2D eigenvalue weighted by Crippen LogP contribution is -2.31. The summed E-state index contributed by atoms with van der Waals surface area (Å²) in [4.78, 5) is 25.6. The van der Waals surface area contributed by atoms with E-state index in [2.05, 4.69) is 0 Å². The van der Waals surface area contributed by atoms with Gasteiger partial charge in [-0.05, 0) is 12.1 Å². The van der Waals surface area contributed by atoms with Gasteiger partial charge in [0.25, 0.3) is 11.8 Å². The molecule has 2 amide bonds. The zero-order valence-corrected chi connectivity index (χ0v) is 10.4. The number of hydrogen-bond acceptors (Lipinski definition) is 4. The monoisotopic (exact) mass is 261 g/mol. The highest BCUT2D eigenvalue weighted by Gasteiger charge is 2.37. The number of rotatable bonds is 5. The lowest BCUT2D eigenvalue weighted by molar-refractivity contribution is -0.120. The number of imide groups is 1. The Bertz CT molecular complexity index is 494. The molecule has 0 saturated carbocycles. The first kappa shape index (κ1) is 13.5. The first-order chi connectivity index (χ1) is 9.20. The van der Waals surface area contributed by atoms with Crippen LogP contribution >= 0.6 is 0 Å². The van der Waals surface area contributed by atoms with E-state index in [1.807, 2.05) is 0 Å². The van der Waals surface area contributed by atoms with Crippen LogP contribution in [0.15, 0.2) is 41.5 Å². The lowest BCUT2D eigenvalue weighted by Gasteiger charge is -2.14. The van der Waals surface area contributed by atoms with Gasteiger partial charge in [0.05, 0.1) is 5.69 Å². The zero-order chi connectivity index (χ0) is 13.8. The fourth-order valence-corrected chi connectivity index (χ4v) is 2.17. The van der Waals surface area contributed by atoms with Gasteiger partial charge in [0.1, 0.15) is 0 Å².